The summed E-state index contributed by atoms with van der Waals surface area (Å²) in [4.78, 5) is 38.4. The van der Waals surface area contributed by atoms with Crippen molar-refractivity contribution in [2.24, 2.45) is 5.73 Å². The molecule has 2 fully saturated rings. The normalized spacial score (nSPS) is 23.0. The van der Waals surface area contributed by atoms with Crippen LogP contribution in [0.4, 0.5) is 9.18 Å². The van der Waals surface area contributed by atoms with E-state index in [4.69, 9.17) is 5.73 Å². The molecule has 4 amide bonds. The van der Waals surface area contributed by atoms with Crippen LogP contribution in [-0.2, 0) is 16.0 Å². The molecule has 2 saturated heterocycles. The summed E-state index contributed by atoms with van der Waals surface area (Å²) in [6.45, 7) is 3.68. The highest BCUT2D eigenvalue weighted by Crippen LogP contribution is 2.26. The fourth-order valence-corrected chi connectivity index (χ4v) is 3.48. The van der Waals surface area contributed by atoms with E-state index in [1.807, 2.05) is 0 Å². The Morgan fingerprint density at radius 2 is 2.19 bits per heavy atom. The van der Waals surface area contributed by atoms with Crippen molar-refractivity contribution in [2.75, 3.05) is 19.6 Å². The maximum Gasteiger partial charge on any atom is 0.331 e. The van der Waals surface area contributed by atoms with Crippen molar-refractivity contribution in [1.29, 1.82) is 0 Å². The van der Waals surface area contributed by atoms with Crippen molar-refractivity contribution < 1.29 is 23.9 Å². The SMILES string of the molecule is C=CCN1CC(=O)N2C(Cc3ccc(O)cc3F)C(=O)NCC2N1C(N)=O. The topological polar surface area (TPSA) is 119 Å². The third-order valence-corrected chi connectivity index (χ3v) is 4.63. The molecular formula is C17H20FN5O4. The molecule has 3 rings (SSSR count). The van der Waals surface area contributed by atoms with Crippen LogP contribution in [0.25, 0.3) is 0 Å². The largest absolute Gasteiger partial charge is 0.508 e. The molecule has 0 radical (unpaired) electrons. The number of benzene rings is 1. The summed E-state index contributed by atoms with van der Waals surface area (Å²) < 4.78 is 14.1. The van der Waals surface area contributed by atoms with Crippen LogP contribution >= 0.6 is 0 Å². The van der Waals surface area contributed by atoms with Gasteiger partial charge in [0.1, 0.15) is 23.8 Å². The molecule has 2 aliphatic heterocycles. The zero-order valence-corrected chi connectivity index (χ0v) is 14.5. The summed E-state index contributed by atoms with van der Waals surface area (Å²) in [6, 6.07) is 1.81. The van der Waals surface area contributed by atoms with Crippen molar-refractivity contribution >= 4 is 17.8 Å². The number of nitrogens with two attached hydrogens (primary N) is 1. The molecule has 0 saturated carbocycles. The van der Waals surface area contributed by atoms with E-state index in [2.05, 4.69) is 11.9 Å². The first kappa shape index (κ1) is 18.6. The molecular weight excluding hydrogens is 357 g/mol. The van der Waals surface area contributed by atoms with Crippen LogP contribution in [0.3, 0.4) is 0 Å². The predicted molar refractivity (Wildman–Crippen MR) is 92.4 cm³/mol. The number of hydrazine groups is 1. The van der Waals surface area contributed by atoms with E-state index < -0.39 is 30.0 Å². The van der Waals surface area contributed by atoms with E-state index in [1.165, 1.54) is 33.1 Å². The molecule has 0 aromatic heterocycles. The molecule has 27 heavy (non-hydrogen) atoms. The second-order valence-corrected chi connectivity index (χ2v) is 6.34. The lowest BCUT2D eigenvalue weighted by molar-refractivity contribution is -0.178. The molecule has 144 valence electrons. The van der Waals surface area contributed by atoms with Crippen LogP contribution in [0.15, 0.2) is 30.9 Å². The number of amides is 4. The average molecular weight is 377 g/mol. The number of phenolic OH excluding ortho intramolecular Hbond substituents is 1. The third kappa shape index (κ3) is 3.43. The second kappa shape index (κ2) is 7.23. The summed E-state index contributed by atoms with van der Waals surface area (Å²) in [5.74, 6) is -1.75. The van der Waals surface area contributed by atoms with Gasteiger partial charge in [-0.05, 0) is 11.6 Å². The molecule has 0 bridgehead atoms. The molecule has 1 aromatic carbocycles. The van der Waals surface area contributed by atoms with Gasteiger partial charge in [-0.15, -0.1) is 6.58 Å². The Balaban J connectivity index is 1.93. The maximum atomic E-state index is 14.1. The summed E-state index contributed by atoms with van der Waals surface area (Å²) in [5.41, 5.74) is 5.65. The van der Waals surface area contributed by atoms with Gasteiger partial charge >= 0.3 is 6.03 Å². The van der Waals surface area contributed by atoms with Crippen LogP contribution in [0.1, 0.15) is 5.56 Å². The smallest absolute Gasteiger partial charge is 0.331 e. The van der Waals surface area contributed by atoms with Gasteiger partial charge in [-0.2, -0.15) is 0 Å². The molecule has 2 aliphatic rings. The minimum Gasteiger partial charge on any atom is -0.508 e. The van der Waals surface area contributed by atoms with Gasteiger partial charge in [0.2, 0.25) is 11.8 Å². The minimum absolute atomic E-state index is 0.00964. The molecule has 0 aliphatic carbocycles. The third-order valence-electron chi connectivity index (χ3n) is 4.63. The molecule has 10 heteroatoms. The quantitative estimate of drug-likeness (QED) is 0.613. The number of halogens is 1. The van der Waals surface area contributed by atoms with Gasteiger partial charge in [-0.25, -0.2) is 19.2 Å². The van der Waals surface area contributed by atoms with Crippen molar-refractivity contribution in [2.45, 2.75) is 18.6 Å². The van der Waals surface area contributed by atoms with Crippen LogP contribution in [0.5, 0.6) is 5.75 Å². The molecule has 2 unspecified atom stereocenters. The summed E-state index contributed by atoms with van der Waals surface area (Å²) in [5, 5.41) is 14.7. The monoisotopic (exact) mass is 377 g/mol. The number of hydrogen-bond donors (Lipinski definition) is 3. The van der Waals surface area contributed by atoms with Gasteiger partial charge in [0.05, 0.1) is 13.1 Å². The number of carbonyl (C=O) groups is 3. The lowest BCUT2D eigenvalue weighted by Crippen LogP contribution is -2.76. The fourth-order valence-electron chi connectivity index (χ4n) is 3.48. The van der Waals surface area contributed by atoms with E-state index >= 15 is 0 Å². The number of piperazine rings is 1. The van der Waals surface area contributed by atoms with Gasteiger partial charge in [-0.1, -0.05) is 12.1 Å². The van der Waals surface area contributed by atoms with E-state index in [-0.39, 0.29) is 43.3 Å². The van der Waals surface area contributed by atoms with Crippen LogP contribution < -0.4 is 11.1 Å². The van der Waals surface area contributed by atoms with Crippen molar-refractivity contribution in [3.05, 3.63) is 42.2 Å². The highest BCUT2D eigenvalue weighted by Gasteiger charge is 2.48. The van der Waals surface area contributed by atoms with Crippen molar-refractivity contribution in [3.8, 4) is 5.75 Å². The molecule has 4 N–H and O–H groups in total. The zero-order chi connectivity index (χ0) is 19.7. The Morgan fingerprint density at radius 1 is 1.44 bits per heavy atom. The minimum atomic E-state index is -1.01. The van der Waals surface area contributed by atoms with E-state index in [0.29, 0.717) is 0 Å². The molecule has 2 atom stereocenters. The molecule has 9 nitrogen and oxygen atoms in total. The Hall–Kier alpha value is -3.14. The first-order valence-corrected chi connectivity index (χ1v) is 8.34. The van der Waals surface area contributed by atoms with Crippen molar-refractivity contribution in [3.63, 3.8) is 0 Å². The number of nitrogens with zero attached hydrogens (tertiary/aromatic N) is 3. The summed E-state index contributed by atoms with van der Waals surface area (Å²) in [6.07, 6.45) is 0.615. The molecule has 0 spiro atoms. The Labute approximate surface area is 154 Å². The van der Waals surface area contributed by atoms with Gasteiger partial charge < -0.3 is 21.1 Å². The lowest BCUT2D eigenvalue weighted by atomic mass is 9.99. The van der Waals surface area contributed by atoms with E-state index in [9.17, 15) is 23.9 Å². The predicted octanol–water partition coefficient (Wildman–Crippen LogP) is -0.476. The zero-order valence-electron chi connectivity index (χ0n) is 14.5. The number of rotatable bonds is 4. The van der Waals surface area contributed by atoms with Gasteiger partial charge in [0.15, 0.2) is 0 Å². The number of nitrogens with one attached hydrogen (secondary N) is 1. The van der Waals surface area contributed by atoms with Crippen LogP contribution in [0, 0.1) is 5.82 Å². The number of phenols is 1. The Kier molecular flexibility index (Phi) is 5.00. The lowest BCUT2D eigenvalue weighted by Gasteiger charge is -2.52. The Bertz CT molecular complexity index is 802. The summed E-state index contributed by atoms with van der Waals surface area (Å²) in [7, 11) is 0. The number of primary amides is 1. The number of urea groups is 1. The maximum absolute atomic E-state index is 14.1. The van der Waals surface area contributed by atoms with Crippen LogP contribution in [-0.4, -0.2) is 69.7 Å². The number of aromatic hydroxyl groups is 1. The van der Waals surface area contributed by atoms with Gasteiger partial charge in [0.25, 0.3) is 0 Å². The van der Waals surface area contributed by atoms with Gasteiger partial charge in [0, 0.05) is 19.0 Å². The number of hydrogen-bond acceptors (Lipinski definition) is 5. The van der Waals surface area contributed by atoms with Crippen LogP contribution in [0.2, 0.25) is 0 Å². The highest BCUT2D eigenvalue weighted by molar-refractivity contribution is 5.91. The standard InChI is InChI=1S/C17H20FN5O4/c1-2-5-21-9-15(25)22-13(6-10-3-4-11(24)7-12(10)18)16(26)20-8-14(22)23(21)17(19)27/h2-4,7,13-14,24H,1,5-6,8-9H2,(H2,19,27)(H,20,26). The summed E-state index contributed by atoms with van der Waals surface area (Å²) >= 11 is 0. The second-order valence-electron chi connectivity index (χ2n) is 6.34. The number of carbonyl (C=O) groups excluding carboxylic acids is 3. The first-order chi connectivity index (χ1) is 12.8. The fraction of sp³-hybridized carbons (Fsp3) is 0.353. The molecule has 1 aromatic rings. The highest BCUT2D eigenvalue weighted by atomic mass is 19.1. The van der Waals surface area contributed by atoms with E-state index in [1.54, 1.807) is 0 Å². The first-order valence-electron chi connectivity index (χ1n) is 8.34. The van der Waals surface area contributed by atoms with Gasteiger partial charge in [-0.3, -0.25) is 9.59 Å². The van der Waals surface area contributed by atoms with Crippen molar-refractivity contribution in [1.82, 2.24) is 20.2 Å². The number of fused-ring (bicyclic) bond motifs is 1. The average Bonchev–Trinajstić information content (AvgIpc) is 2.59. The Morgan fingerprint density at radius 3 is 2.81 bits per heavy atom. The van der Waals surface area contributed by atoms with E-state index in [0.717, 1.165) is 6.07 Å². The molecule has 2 heterocycles.